The van der Waals surface area contributed by atoms with Gasteiger partial charge in [-0.05, 0) is 60.4 Å². The van der Waals surface area contributed by atoms with Gasteiger partial charge >= 0.3 is 0 Å². The van der Waals surface area contributed by atoms with Crippen molar-refractivity contribution in [2.24, 2.45) is 0 Å². The van der Waals surface area contributed by atoms with E-state index in [2.05, 4.69) is 67.7 Å². The van der Waals surface area contributed by atoms with Gasteiger partial charge in [-0.2, -0.15) is 0 Å². The average Bonchev–Trinajstić information content (AvgIpc) is 3.19. The van der Waals surface area contributed by atoms with Crippen molar-refractivity contribution < 1.29 is 9.47 Å². The Labute approximate surface area is 176 Å². The van der Waals surface area contributed by atoms with Crippen molar-refractivity contribution >= 4 is 33.4 Å². The van der Waals surface area contributed by atoms with E-state index in [4.69, 9.17) is 9.47 Å². The summed E-state index contributed by atoms with van der Waals surface area (Å²) in [5, 5.41) is 1.26. The number of aromatic amines is 1. The Morgan fingerprint density at radius 3 is 2.75 bits per heavy atom. The number of rotatable bonds is 6. The minimum absolute atomic E-state index is 0.0444. The summed E-state index contributed by atoms with van der Waals surface area (Å²) in [6.45, 7) is 7.39. The summed E-state index contributed by atoms with van der Waals surface area (Å²) >= 11 is 4.59. The number of nitrogens with one attached hydrogen (secondary N) is 1. The summed E-state index contributed by atoms with van der Waals surface area (Å²) in [6, 6.07) is 16.9. The molecule has 3 aromatic rings. The van der Waals surface area contributed by atoms with Crippen LogP contribution in [0.25, 0.3) is 10.9 Å². The highest BCUT2D eigenvalue weighted by molar-refractivity contribution is 8.69. The molecule has 0 bridgehead atoms. The lowest BCUT2D eigenvalue weighted by Crippen LogP contribution is -2.44. The van der Waals surface area contributed by atoms with Crippen LogP contribution < -0.4 is 4.74 Å². The first-order chi connectivity index (χ1) is 13.4. The minimum atomic E-state index is -0.312. The maximum absolute atomic E-state index is 6.21. The first-order valence-electron chi connectivity index (χ1n) is 9.68. The van der Waals surface area contributed by atoms with Crippen LogP contribution in [0, 0.1) is 0 Å². The van der Waals surface area contributed by atoms with E-state index < -0.39 is 0 Å². The predicted octanol–water partition coefficient (Wildman–Crippen LogP) is 6.50. The molecule has 1 N–H and O–H groups in total. The number of H-pyrrole nitrogens is 1. The standard InChI is InChI=1S/C23H27NO2S2/c1-22(2,18-8-9-19-16(14-18)10-13-24-19)11-12-23(3,28-27)21-25-15-17-6-4-5-7-20(17)26-21/h4-10,13-14,21,24,27H,11-12,15H2,1-3H3. The summed E-state index contributed by atoms with van der Waals surface area (Å²) in [6.07, 6.45) is 3.63. The van der Waals surface area contributed by atoms with Crippen molar-refractivity contribution in [2.45, 2.75) is 56.7 Å². The third-order valence-corrected chi connectivity index (χ3v) is 7.95. The molecule has 0 aliphatic carbocycles. The third-order valence-electron chi connectivity index (χ3n) is 5.89. The Balaban J connectivity index is 1.49. The Morgan fingerprint density at radius 2 is 1.93 bits per heavy atom. The Kier molecular flexibility index (Phi) is 5.43. The van der Waals surface area contributed by atoms with E-state index in [0.29, 0.717) is 6.61 Å². The highest BCUT2D eigenvalue weighted by Gasteiger charge is 2.40. The van der Waals surface area contributed by atoms with E-state index in [1.807, 2.05) is 24.4 Å². The third kappa shape index (κ3) is 3.80. The van der Waals surface area contributed by atoms with Crippen LogP contribution in [0.3, 0.4) is 0 Å². The van der Waals surface area contributed by atoms with Gasteiger partial charge in [-0.1, -0.05) is 48.9 Å². The fourth-order valence-corrected chi connectivity index (χ4v) is 4.67. The van der Waals surface area contributed by atoms with E-state index in [-0.39, 0.29) is 16.5 Å². The summed E-state index contributed by atoms with van der Waals surface area (Å²) in [7, 11) is 1.53. The van der Waals surface area contributed by atoms with Crippen LogP contribution >= 0.6 is 22.5 Å². The van der Waals surface area contributed by atoms with Gasteiger partial charge in [-0.25, -0.2) is 0 Å². The molecule has 0 radical (unpaired) electrons. The minimum Gasteiger partial charge on any atom is -0.463 e. The van der Waals surface area contributed by atoms with E-state index in [1.165, 1.54) is 27.3 Å². The largest absolute Gasteiger partial charge is 0.463 e. The smallest absolute Gasteiger partial charge is 0.215 e. The molecular weight excluding hydrogens is 386 g/mol. The summed E-state index contributed by atoms with van der Waals surface area (Å²) in [5.74, 6) is 0.921. The zero-order valence-corrected chi connectivity index (χ0v) is 18.3. The molecule has 0 saturated heterocycles. The topological polar surface area (TPSA) is 34.2 Å². The SMILES string of the molecule is CC(C)(CCC(C)(SS)C1OCc2ccccc2O1)c1ccc2[nH]ccc2c1. The normalized spacial score (nSPS) is 19.1. The van der Waals surface area contributed by atoms with Gasteiger partial charge in [0.2, 0.25) is 6.29 Å². The van der Waals surface area contributed by atoms with Gasteiger partial charge in [0.05, 0.1) is 11.4 Å². The number of benzene rings is 2. The number of hydrogen-bond acceptors (Lipinski definition) is 4. The number of hydrogen-bond donors (Lipinski definition) is 2. The molecule has 2 atom stereocenters. The van der Waals surface area contributed by atoms with Crippen molar-refractivity contribution in [2.75, 3.05) is 0 Å². The first kappa shape index (κ1) is 19.7. The van der Waals surface area contributed by atoms with Gasteiger partial charge in [0.15, 0.2) is 0 Å². The molecule has 0 saturated carbocycles. The highest BCUT2D eigenvalue weighted by Crippen LogP contribution is 2.44. The molecule has 0 spiro atoms. The Morgan fingerprint density at radius 1 is 1.11 bits per heavy atom. The van der Waals surface area contributed by atoms with Crippen LogP contribution in [0.15, 0.2) is 54.7 Å². The number of para-hydroxylation sites is 1. The second kappa shape index (κ2) is 7.69. The van der Waals surface area contributed by atoms with Gasteiger partial charge in [0.25, 0.3) is 0 Å². The second-order valence-corrected chi connectivity index (χ2v) is 10.1. The molecule has 1 aromatic heterocycles. The highest BCUT2D eigenvalue weighted by atomic mass is 33.1. The summed E-state index contributed by atoms with van der Waals surface area (Å²) < 4.78 is 12.0. The van der Waals surface area contributed by atoms with Gasteiger partial charge in [0, 0.05) is 17.3 Å². The number of fused-ring (bicyclic) bond motifs is 2. The molecule has 0 fully saturated rings. The molecule has 1 aliphatic heterocycles. The zero-order valence-electron chi connectivity index (χ0n) is 16.6. The van der Waals surface area contributed by atoms with Crippen molar-refractivity contribution in [1.29, 1.82) is 0 Å². The van der Waals surface area contributed by atoms with Gasteiger partial charge in [-0.3, -0.25) is 0 Å². The maximum atomic E-state index is 6.21. The summed E-state index contributed by atoms with van der Waals surface area (Å²) in [4.78, 5) is 3.27. The molecule has 3 nitrogen and oxygen atoms in total. The van der Waals surface area contributed by atoms with Crippen LogP contribution in [0.4, 0.5) is 0 Å². The molecule has 4 rings (SSSR count). The van der Waals surface area contributed by atoms with E-state index >= 15 is 0 Å². The van der Waals surface area contributed by atoms with E-state index in [9.17, 15) is 0 Å². The molecule has 2 aromatic carbocycles. The van der Waals surface area contributed by atoms with Gasteiger partial charge < -0.3 is 14.5 Å². The van der Waals surface area contributed by atoms with Crippen LogP contribution in [-0.2, 0) is 16.8 Å². The molecule has 0 amide bonds. The lowest BCUT2D eigenvalue weighted by atomic mass is 9.78. The number of aromatic nitrogens is 1. The first-order valence-corrected chi connectivity index (χ1v) is 11.5. The van der Waals surface area contributed by atoms with E-state index in [1.54, 1.807) is 0 Å². The Bertz CT molecular complexity index is 968. The maximum Gasteiger partial charge on any atom is 0.215 e. The zero-order chi connectivity index (χ0) is 19.8. The van der Waals surface area contributed by atoms with Gasteiger partial charge in [0.1, 0.15) is 5.75 Å². The lowest BCUT2D eigenvalue weighted by Gasteiger charge is -2.40. The molecule has 5 heteroatoms. The van der Waals surface area contributed by atoms with Gasteiger partial charge in [-0.15, -0.1) is 11.7 Å². The van der Waals surface area contributed by atoms with Crippen LogP contribution in [0.5, 0.6) is 5.75 Å². The van der Waals surface area contributed by atoms with Crippen LogP contribution in [-0.4, -0.2) is 16.0 Å². The van der Waals surface area contributed by atoms with E-state index in [0.717, 1.165) is 24.2 Å². The lowest BCUT2D eigenvalue weighted by molar-refractivity contribution is -0.127. The number of thiol groups is 1. The van der Waals surface area contributed by atoms with Crippen molar-refractivity contribution in [3.63, 3.8) is 0 Å². The molecule has 1 aliphatic rings. The molecule has 2 unspecified atom stereocenters. The second-order valence-electron chi connectivity index (χ2n) is 8.44. The average molecular weight is 414 g/mol. The van der Waals surface area contributed by atoms with Crippen molar-refractivity contribution in [1.82, 2.24) is 4.98 Å². The fourth-order valence-electron chi connectivity index (χ4n) is 3.74. The summed E-state index contributed by atoms with van der Waals surface area (Å²) in [5.41, 5.74) is 3.67. The predicted molar refractivity (Wildman–Crippen MR) is 121 cm³/mol. The number of ether oxygens (including phenoxy) is 2. The molecular formula is C23H27NO2S2. The van der Waals surface area contributed by atoms with Crippen LogP contribution in [0.2, 0.25) is 0 Å². The molecule has 2 heterocycles. The quantitative estimate of drug-likeness (QED) is 0.358. The monoisotopic (exact) mass is 413 g/mol. The Hall–Kier alpha value is -1.56. The van der Waals surface area contributed by atoms with Crippen molar-refractivity contribution in [3.8, 4) is 5.75 Å². The van der Waals surface area contributed by atoms with Crippen molar-refractivity contribution in [3.05, 3.63) is 65.9 Å². The molecule has 148 valence electrons. The van der Waals surface area contributed by atoms with Crippen LogP contribution in [0.1, 0.15) is 44.7 Å². The molecule has 28 heavy (non-hydrogen) atoms. The fraction of sp³-hybridized carbons (Fsp3) is 0.391.